The average molecular weight is 285 g/mol. The van der Waals surface area contributed by atoms with E-state index in [1.807, 2.05) is 31.2 Å². The van der Waals surface area contributed by atoms with Gasteiger partial charge in [0, 0.05) is 11.8 Å². The van der Waals surface area contributed by atoms with E-state index in [2.05, 4.69) is 0 Å². The highest BCUT2D eigenvalue weighted by molar-refractivity contribution is 7.91. The van der Waals surface area contributed by atoms with Crippen molar-refractivity contribution >= 4 is 9.84 Å². The summed E-state index contributed by atoms with van der Waals surface area (Å²) < 4.78 is 28.1. The van der Waals surface area contributed by atoms with Gasteiger partial charge in [0.15, 0.2) is 0 Å². The third kappa shape index (κ3) is 5.61. The van der Waals surface area contributed by atoms with Gasteiger partial charge < -0.3 is 10.5 Å². The number of sulfone groups is 1. The van der Waals surface area contributed by atoms with E-state index in [1.165, 1.54) is 0 Å². The molecule has 5 heteroatoms. The lowest BCUT2D eigenvalue weighted by Crippen LogP contribution is -2.12. The van der Waals surface area contributed by atoms with Gasteiger partial charge in [-0.1, -0.05) is 26.0 Å². The summed E-state index contributed by atoms with van der Waals surface area (Å²) in [7, 11) is -2.89. The Hall–Kier alpha value is -1.07. The maximum Gasteiger partial charge on any atom is 0.150 e. The van der Waals surface area contributed by atoms with Crippen molar-refractivity contribution in [3.05, 3.63) is 29.8 Å². The molecule has 0 saturated heterocycles. The number of hydrogen-bond acceptors (Lipinski definition) is 4. The molecule has 1 rings (SSSR count). The van der Waals surface area contributed by atoms with Gasteiger partial charge in [0.25, 0.3) is 0 Å². The Morgan fingerprint density at radius 1 is 1.21 bits per heavy atom. The molecular weight excluding hydrogens is 262 g/mol. The molecule has 108 valence electrons. The number of rotatable bonds is 8. The number of hydrogen-bond donors (Lipinski definition) is 1. The molecule has 1 aromatic rings. The third-order valence-corrected chi connectivity index (χ3v) is 4.85. The minimum absolute atomic E-state index is 0.0590. The smallest absolute Gasteiger partial charge is 0.150 e. The molecule has 4 nitrogen and oxygen atoms in total. The molecule has 0 aromatic heterocycles. The Morgan fingerprint density at radius 3 is 2.37 bits per heavy atom. The van der Waals surface area contributed by atoms with E-state index >= 15 is 0 Å². The molecule has 0 spiro atoms. The fourth-order valence-electron chi connectivity index (χ4n) is 1.66. The van der Waals surface area contributed by atoms with Crippen molar-refractivity contribution in [2.45, 2.75) is 32.7 Å². The highest BCUT2D eigenvalue weighted by atomic mass is 32.2. The molecule has 1 unspecified atom stereocenters. The zero-order chi connectivity index (χ0) is 14.3. The van der Waals surface area contributed by atoms with Crippen LogP contribution in [0.5, 0.6) is 5.75 Å². The lowest BCUT2D eigenvalue weighted by atomic mass is 10.1. The largest absolute Gasteiger partial charge is 0.494 e. The molecule has 2 N–H and O–H groups in total. The molecule has 0 amide bonds. The van der Waals surface area contributed by atoms with Gasteiger partial charge in [-0.3, -0.25) is 0 Å². The van der Waals surface area contributed by atoms with Crippen molar-refractivity contribution in [2.75, 3.05) is 18.1 Å². The number of ether oxygens (including phenoxy) is 1. The quantitative estimate of drug-likeness (QED) is 0.744. The zero-order valence-electron chi connectivity index (χ0n) is 11.6. The van der Waals surface area contributed by atoms with E-state index in [9.17, 15) is 8.42 Å². The lowest BCUT2D eigenvalue weighted by Gasteiger charge is -2.10. The van der Waals surface area contributed by atoms with Crippen LogP contribution in [0.4, 0.5) is 0 Å². The molecule has 0 aliphatic heterocycles. The molecule has 1 atom stereocenters. The predicted octanol–water partition coefficient (Wildman–Crippen LogP) is 2.30. The van der Waals surface area contributed by atoms with Gasteiger partial charge >= 0.3 is 0 Å². The maximum absolute atomic E-state index is 11.3. The second-order valence-corrected chi connectivity index (χ2v) is 6.99. The zero-order valence-corrected chi connectivity index (χ0v) is 12.4. The molecular formula is C14H23NO3S. The summed E-state index contributed by atoms with van der Waals surface area (Å²) >= 11 is 0. The normalized spacial score (nSPS) is 13.2. The summed E-state index contributed by atoms with van der Waals surface area (Å²) in [5.74, 6) is 1.12. The van der Waals surface area contributed by atoms with Crippen LogP contribution in [-0.4, -0.2) is 26.5 Å². The van der Waals surface area contributed by atoms with Crippen molar-refractivity contribution in [2.24, 2.45) is 5.73 Å². The Kier molecular flexibility index (Phi) is 6.31. The van der Waals surface area contributed by atoms with Gasteiger partial charge in [-0.2, -0.15) is 0 Å². The van der Waals surface area contributed by atoms with Crippen LogP contribution in [0.2, 0.25) is 0 Å². The van der Waals surface area contributed by atoms with Crippen LogP contribution < -0.4 is 10.5 Å². The molecule has 0 heterocycles. The van der Waals surface area contributed by atoms with Crippen molar-refractivity contribution in [1.29, 1.82) is 0 Å². The monoisotopic (exact) mass is 285 g/mol. The molecule has 0 bridgehead atoms. The van der Waals surface area contributed by atoms with Crippen LogP contribution in [0, 0.1) is 0 Å². The molecule has 0 saturated carbocycles. The van der Waals surface area contributed by atoms with E-state index in [1.54, 1.807) is 6.92 Å². The predicted molar refractivity (Wildman–Crippen MR) is 78.1 cm³/mol. The number of benzene rings is 1. The first-order chi connectivity index (χ1) is 8.98. The SMILES string of the molecule is CCC(N)c1ccc(OCCCS(=O)(=O)CC)cc1. The summed E-state index contributed by atoms with van der Waals surface area (Å²) in [4.78, 5) is 0. The summed E-state index contributed by atoms with van der Waals surface area (Å²) in [6.07, 6.45) is 1.42. The first kappa shape index (κ1) is 16.0. The van der Waals surface area contributed by atoms with E-state index in [0.29, 0.717) is 13.0 Å². The highest BCUT2D eigenvalue weighted by Gasteiger charge is 2.07. The standard InChI is InChI=1S/C14H23NO3S/c1-3-14(15)12-6-8-13(9-7-12)18-10-5-11-19(16,17)4-2/h6-9,14H,3-5,10-11,15H2,1-2H3. The van der Waals surface area contributed by atoms with Gasteiger partial charge in [0.1, 0.15) is 15.6 Å². The molecule has 0 aliphatic carbocycles. The average Bonchev–Trinajstić information content (AvgIpc) is 2.43. The van der Waals surface area contributed by atoms with Crippen LogP contribution in [-0.2, 0) is 9.84 Å². The number of nitrogens with two attached hydrogens (primary N) is 1. The third-order valence-electron chi connectivity index (χ3n) is 3.06. The van der Waals surface area contributed by atoms with Crippen molar-refractivity contribution in [3.8, 4) is 5.75 Å². The lowest BCUT2D eigenvalue weighted by molar-refractivity contribution is 0.317. The Bertz CT molecular complexity index is 468. The van der Waals surface area contributed by atoms with Crippen molar-refractivity contribution in [3.63, 3.8) is 0 Å². The topological polar surface area (TPSA) is 69.4 Å². The minimum Gasteiger partial charge on any atom is -0.494 e. The summed E-state index contributed by atoms with van der Waals surface area (Å²) in [6.45, 7) is 4.12. The fourth-order valence-corrected chi connectivity index (χ4v) is 2.51. The molecule has 0 radical (unpaired) electrons. The van der Waals surface area contributed by atoms with Crippen molar-refractivity contribution in [1.82, 2.24) is 0 Å². The van der Waals surface area contributed by atoms with Gasteiger partial charge in [0.05, 0.1) is 12.4 Å². The second kappa shape index (κ2) is 7.50. The first-order valence-electron chi connectivity index (χ1n) is 6.67. The first-order valence-corrected chi connectivity index (χ1v) is 8.49. The van der Waals surface area contributed by atoms with E-state index in [-0.39, 0.29) is 17.5 Å². The highest BCUT2D eigenvalue weighted by Crippen LogP contribution is 2.18. The van der Waals surface area contributed by atoms with E-state index < -0.39 is 9.84 Å². The molecule has 1 aromatic carbocycles. The van der Waals surface area contributed by atoms with Crippen LogP contribution in [0.3, 0.4) is 0 Å². The van der Waals surface area contributed by atoms with E-state index in [4.69, 9.17) is 10.5 Å². The second-order valence-electron chi connectivity index (χ2n) is 4.52. The van der Waals surface area contributed by atoms with Gasteiger partial charge in [-0.25, -0.2) is 8.42 Å². The van der Waals surface area contributed by atoms with Crippen molar-refractivity contribution < 1.29 is 13.2 Å². The van der Waals surface area contributed by atoms with Crippen LogP contribution in [0.15, 0.2) is 24.3 Å². The van der Waals surface area contributed by atoms with Gasteiger partial charge in [0.2, 0.25) is 0 Å². The molecule has 0 aliphatic rings. The van der Waals surface area contributed by atoms with Gasteiger partial charge in [-0.05, 0) is 30.5 Å². The summed E-state index contributed by atoms with van der Waals surface area (Å²) in [5, 5.41) is 0. The molecule has 0 fully saturated rings. The van der Waals surface area contributed by atoms with Crippen LogP contribution in [0.1, 0.15) is 38.3 Å². The van der Waals surface area contributed by atoms with E-state index in [0.717, 1.165) is 17.7 Å². The summed E-state index contributed by atoms with van der Waals surface area (Å²) in [6, 6.07) is 7.71. The summed E-state index contributed by atoms with van der Waals surface area (Å²) in [5.41, 5.74) is 7.01. The Labute approximate surface area is 115 Å². The van der Waals surface area contributed by atoms with Crippen LogP contribution in [0.25, 0.3) is 0 Å². The Morgan fingerprint density at radius 2 is 1.84 bits per heavy atom. The maximum atomic E-state index is 11.3. The minimum atomic E-state index is -2.89. The van der Waals surface area contributed by atoms with Gasteiger partial charge in [-0.15, -0.1) is 0 Å². The Balaban J connectivity index is 2.38. The molecule has 19 heavy (non-hydrogen) atoms. The van der Waals surface area contributed by atoms with Crippen LogP contribution >= 0.6 is 0 Å². The fraction of sp³-hybridized carbons (Fsp3) is 0.571.